The Hall–Kier alpha value is -1.69. The molecule has 0 radical (unpaired) electrons. The van der Waals surface area contributed by atoms with Gasteiger partial charge in [-0.2, -0.15) is 5.26 Å². The molecule has 98 valence electrons. The molecule has 1 N–H and O–H groups in total. The van der Waals surface area contributed by atoms with Gasteiger partial charge in [0.2, 0.25) is 0 Å². The van der Waals surface area contributed by atoms with Gasteiger partial charge in [-0.15, -0.1) is 0 Å². The number of para-hydroxylation sites is 2. The summed E-state index contributed by atoms with van der Waals surface area (Å²) in [4.78, 5) is 2.10. The van der Waals surface area contributed by atoms with E-state index in [2.05, 4.69) is 28.4 Å². The lowest BCUT2D eigenvalue weighted by atomic mass is 9.90. The average molecular weight is 245 g/mol. The Morgan fingerprint density at radius 3 is 2.56 bits per heavy atom. The van der Waals surface area contributed by atoms with E-state index in [0.29, 0.717) is 0 Å². The zero-order valence-corrected chi connectivity index (χ0v) is 11.8. The molecule has 0 fully saturated rings. The molecule has 0 aliphatic carbocycles. The second-order valence-corrected chi connectivity index (χ2v) is 5.44. The summed E-state index contributed by atoms with van der Waals surface area (Å²) in [5.41, 5.74) is 2.12. The largest absolute Gasteiger partial charge is 0.383 e. The van der Waals surface area contributed by atoms with Crippen molar-refractivity contribution in [3.05, 3.63) is 24.3 Å². The van der Waals surface area contributed by atoms with Gasteiger partial charge in [-0.3, -0.25) is 0 Å². The molecule has 0 saturated carbocycles. The molecule has 1 aromatic carbocycles. The lowest BCUT2D eigenvalue weighted by Gasteiger charge is -2.19. The molecule has 0 amide bonds. The minimum absolute atomic E-state index is 0.219. The van der Waals surface area contributed by atoms with Crippen molar-refractivity contribution < 1.29 is 0 Å². The number of anilines is 2. The van der Waals surface area contributed by atoms with E-state index in [1.807, 2.05) is 40.1 Å². The van der Waals surface area contributed by atoms with Crippen molar-refractivity contribution in [1.82, 2.24) is 0 Å². The van der Waals surface area contributed by atoms with Crippen LogP contribution in [-0.4, -0.2) is 20.6 Å². The third-order valence-corrected chi connectivity index (χ3v) is 2.98. The Morgan fingerprint density at radius 2 is 1.94 bits per heavy atom. The fourth-order valence-electron chi connectivity index (χ4n) is 1.82. The van der Waals surface area contributed by atoms with E-state index in [4.69, 9.17) is 5.26 Å². The Bertz CT molecular complexity index is 416. The average Bonchev–Trinajstić information content (AvgIpc) is 2.35. The number of hydrogen-bond acceptors (Lipinski definition) is 3. The predicted octanol–water partition coefficient (Wildman–Crippen LogP) is 3.49. The molecule has 0 atom stereocenters. The normalized spacial score (nSPS) is 10.8. The monoisotopic (exact) mass is 245 g/mol. The topological polar surface area (TPSA) is 39.1 Å². The Balaban J connectivity index is 2.48. The Morgan fingerprint density at radius 1 is 1.28 bits per heavy atom. The molecule has 0 heterocycles. The van der Waals surface area contributed by atoms with Crippen LogP contribution in [0.3, 0.4) is 0 Å². The van der Waals surface area contributed by atoms with E-state index in [9.17, 15) is 0 Å². The molecule has 18 heavy (non-hydrogen) atoms. The van der Waals surface area contributed by atoms with Crippen molar-refractivity contribution in [3.63, 3.8) is 0 Å². The fourth-order valence-corrected chi connectivity index (χ4v) is 1.82. The second kappa shape index (κ2) is 6.30. The standard InChI is InChI=1S/C15H23N3/c1-15(2,12-16)10-7-11-17-13-8-5-6-9-14(13)18(3)4/h5-6,8-9,17H,7,10-11H2,1-4H3. The molecule has 0 aliphatic heterocycles. The molecule has 0 bridgehead atoms. The van der Waals surface area contributed by atoms with E-state index >= 15 is 0 Å². The van der Waals surface area contributed by atoms with Crippen LogP contribution in [-0.2, 0) is 0 Å². The van der Waals surface area contributed by atoms with Crippen LogP contribution in [0.1, 0.15) is 26.7 Å². The quantitative estimate of drug-likeness (QED) is 0.780. The summed E-state index contributed by atoms with van der Waals surface area (Å²) in [6, 6.07) is 10.6. The number of nitriles is 1. The molecule has 1 rings (SSSR count). The highest BCUT2D eigenvalue weighted by molar-refractivity contribution is 5.69. The van der Waals surface area contributed by atoms with Crippen LogP contribution in [0.2, 0.25) is 0 Å². The van der Waals surface area contributed by atoms with Crippen LogP contribution in [0.25, 0.3) is 0 Å². The van der Waals surface area contributed by atoms with E-state index in [0.717, 1.165) is 25.1 Å². The summed E-state index contributed by atoms with van der Waals surface area (Å²) in [6.07, 6.45) is 1.92. The SMILES string of the molecule is CN(C)c1ccccc1NCCCC(C)(C)C#N. The number of hydrogen-bond donors (Lipinski definition) is 1. The van der Waals surface area contributed by atoms with Crippen molar-refractivity contribution in [2.45, 2.75) is 26.7 Å². The van der Waals surface area contributed by atoms with Gasteiger partial charge in [-0.1, -0.05) is 12.1 Å². The van der Waals surface area contributed by atoms with Gasteiger partial charge in [0, 0.05) is 20.6 Å². The van der Waals surface area contributed by atoms with E-state index in [1.54, 1.807) is 0 Å². The van der Waals surface area contributed by atoms with Crippen LogP contribution in [0, 0.1) is 16.7 Å². The van der Waals surface area contributed by atoms with Gasteiger partial charge in [-0.05, 0) is 38.8 Å². The lowest BCUT2D eigenvalue weighted by Crippen LogP contribution is -2.14. The molecular formula is C15H23N3. The maximum Gasteiger partial charge on any atom is 0.0683 e. The first-order chi connectivity index (χ1) is 8.46. The summed E-state index contributed by atoms with van der Waals surface area (Å²) in [5.74, 6) is 0. The highest BCUT2D eigenvalue weighted by atomic mass is 15.1. The van der Waals surface area contributed by atoms with E-state index in [-0.39, 0.29) is 5.41 Å². The zero-order chi connectivity index (χ0) is 13.6. The first-order valence-corrected chi connectivity index (χ1v) is 6.38. The van der Waals surface area contributed by atoms with Crippen LogP contribution < -0.4 is 10.2 Å². The van der Waals surface area contributed by atoms with Gasteiger partial charge in [0.15, 0.2) is 0 Å². The summed E-state index contributed by atoms with van der Waals surface area (Å²) < 4.78 is 0. The van der Waals surface area contributed by atoms with Gasteiger partial charge in [0.1, 0.15) is 0 Å². The zero-order valence-electron chi connectivity index (χ0n) is 11.8. The van der Waals surface area contributed by atoms with Crippen molar-refractivity contribution in [1.29, 1.82) is 5.26 Å². The number of nitrogens with one attached hydrogen (secondary N) is 1. The molecule has 1 aromatic rings. The van der Waals surface area contributed by atoms with Crippen LogP contribution in [0.15, 0.2) is 24.3 Å². The van der Waals surface area contributed by atoms with E-state index < -0.39 is 0 Å². The first-order valence-electron chi connectivity index (χ1n) is 6.38. The van der Waals surface area contributed by atoms with Crippen molar-refractivity contribution in [2.24, 2.45) is 5.41 Å². The molecule has 0 aromatic heterocycles. The maximum absolute atomic E-state index is 8.95. The molecule has 0 unspecified atom stereocenters. The molecule has 3 heteroatoms. The maximum atomic E-state index is 8.95. The summed E-state index contributed by atoms with van der Waals surface area (Å²) in [5, 5.41) is 12.4. The Labute approximate surface area is 110 Å². The third-order valence-electron chi connectivity index (χ3n) is 2.98. The number of nitrogens with zero attached hydrogens (tertiary/aromatic N) is 2. The van der Waals surface area contributed by atoms with Gasteiger partial charge >= 0.3 is 0 Å². The van der Waals surface area contributed by atoms with Gasteiger partial charge in [0.05, 0.1) is 22.9 Å². The molecule has 3 nitrogen and oxygen atoms in total. The molecule has 0 spiro atoms. The molecular weight excluding hydrogens is 222 g/mol. The lowest BCUT2D eigenvalue weighted by molar-refractivity contribution is 0.441. The highest BCUT2D eigenvalue weighted by Crippen LogP contribution is 2.24. The van der Waals surface area contributed by atoms with E-state index in [1.165, 1.54) is 5.69 Å². The first kappa shape index (κ1) is 14.4. The van der Waals surface area contributed by atoms with Crippen molar-refractivity contribution >= 4 is 11.4 Å². The molecule has 0 saturated heterocycles. The predicted molar refractivity (Wildman–Crippen MR) is 77.9 cm³/mol. The van der Waals surface area contributed by atoms with Gasteiger partial charge < -0.3 is 10.2 Å². The highest BCUT2D eigenvalue weighted by Gasteiger charge is 2.15. The van der Waals surface area contributed by atoms with Crippen LogP contribution in [0.5, 0.6) is 0 Å². The second-order valence-electron chi connectivity index (χ2n) is 5.44. The summed E-state index contributed by atoms with van der Waals surface area (Å²) >= 11 is 0. The Kier molecular flexibility index (Phi) is 5.03. The summed E-state index contributed by atoms with van der Waals surface area (Å²) in [6.45, 7) is 4.87. The fraction of sp³-hybridized carbons (Fsp3) is 0.533. The smallest absolute Gasteiger partial charge is 0.0683 e. The number of rotatable bonds is 6. The van der Waals surface area contributed by atoms with Crippen LogP contribution in [0.4, 0.5) is 11.4 Å². The van der Waals surface area contributed by atoms with Crippen LogP contribution >= 0.6 is 0 Å². The minimum atomic E-state index is -0.219. The summed E-state index contributed by atoms with van der Waals surface area (Å²) in [7, 11) is 4.08. The van der Waals surface area contributed by atoms with Crippen molar-refractivity contribution in [3.8, 4) is 6.07 Å². The molecule has 0 aliphatic rings. The van der Waals surface area contributed by atoms with Gasteiger partial charge in [0.25, 0.3) is 0 Å². The number of benzene rings is 1. The van der Waals surface area contributed by atoms with Gasteiger partial charge in [-0.25, -0.2) is 0 Å². The van der Waals surface area contributed by atoms with Crippen molar-refractivity contribution in [2.75, 3.05) is 30.9 Å². The third kappa shape index (κ3) is 4.29. The minimum Gasteiger partial charge on any atom is -0.383 e.